The van der Waals surface area contributed by atoms with Gasteiger partial charge in [-0.2, -0.15) is 0 Å². The highest BCUT2D eigenvalue weighted by molar-refractivity contribution is 9.10. The van der Waals surface area contributed by atoms with E-state index in [1.54, 1.807) is 6.07 Å². The summed E-state index contributed by atoms with van der Waals surface area (Å²) < 4.78 is 14.6. The first-order valence-electron chi connectivity index (χ1n) is 6.44. The van der Waals surface area contributed by atoms with Crippen molar-refractivity contribution >= 4 is 27.5 Å². The minimum Gasteiger partial charge on any atom is -0.296 e. The van der Waals surface area contributed by atoms with Crippen molar-refractivity contribution in [2.45, 2.75) is 38.3 Å². The molecular formula is C14H18BrClFN. The van der Waals surface area contributed by atoms with Gasteiger partial charge >= 0.3 is 0 Å². The van der Waals surface area contributed by atoms with E-state index in [1.165, 1.54) is 12.8 Å². The fourth-order valence-corrected chi connectivity index (χ4v) is 3.10. The van der Waals surface area contributed by atoms with E-state index < -0.39 is 0 Å². The number of alkyl halides is 1. The number of likely N-dealkylation sites (tertiary alicyclic amines) is 1. The van der Waals surface area contributed by atoms with Crippen LogP contribution >= 0.6 is 27.5 Å². The number of benzene rings is 1. The van der Waals surface area contributed by atoms with Crippen LogP contribution in [0.1, 0.15) is 31.2 Å². The molecule has 100 valence electrons. The first kappa shape index (κ1) is 14.3. The Balaban J connectivity index is 1.99. The summed E-state index contributed by atoms with van der Waals surface area (Å²) in [6.07, 6.45) is 4.60. The quantitative estimate of drug-likeness (QED) is 0.713. The summed E-state index contributed by atoms with van der Waals surface area (Å²) in [6, 6.07) is 5.89. The van der Waals surface area contributed by atoms with Crippen LogP contribution < -0.4 is 0 Å². The van der Waals surface area contributed by atoms with E-state index in [9.17, 15) is 4.39 Å². The first-order chi connectivity index (χ1) is 8.70. The second-order valence-corrected chi connectivity index (χ2v) is 6.13. The maximum atomic E-state index is 13.8. The second-order valence-electron chi connectivity index (χ2n) is 4.83. The van der Waals surface area contributed by atoms with Gasteiger partial charge in [-0.15, -0.1) is 11.6 Å². The molecule has 1 aromatic carbocycles. The Labute approximate surface area is 121 Å². The SMILES string of the molecule is Fc1cc(Br)ccc1CN1CCCC1CCCCl. The predicted octanol–water partition coefficient (Wildman–Crippen LogP) is 4.57. The highest BCUT2D eigenvalue weighted by Crippen LogP contribution is 2.25. The van der Waals surface area contributed by atoms with Gasteiger partial charge in [0.1, 0.15) is 5.82 Å². The number of halogens is 3. The summed E-state index contributed by atoms with van der Waals surface area (Å²) in [5.41, 5.74) is 0.788. The molecular weight excluding hydrogens is 317 g/mol. The number of hydrogen-bond donors (Lipinski definition) is 0. The molecule has 0 spiro atoms. The van der Waals surface area contributed by atoms with Gasteiger partial charge in [0.25, 0.3) is 0 Å². The Bertz CT molecular complexity index is 399. The van der Waals surface area contributed by atoms with Crippen molar-refractivity contribution in [2.24, 2.45) is 0 Å². The molecule has 1 nitrogen and oxygen atoms in total. The largest absolute Gasteiger partial charge is 0.296 e. The molecule has 0 saturated carbocycles. The fraction of sp³-hybridized carbons (Fsp3) is 0.571. The molecule has 0 aliphatic carbocycles. The van der Waals surface area contributed by atoms with E-state index >= 15 is 0 Å². The molecule has 1 unspecified atom stereocenters. The molecule has 4 heteroatoms. The van der Waals surface area contributed by atoms with Gasteiger partial charge in [-0.1, -0.05) is 22.0 Å². The Morgan fingerprint density at radius 1 is 1.44 bits per heavy atom. The molecule has 0 aromatic heterocycles. The molecule has 1 heterocycles. The van der Waals surface area contributed by atoms with Crippen molar-refractivity contribution in [3.05, 3.63) is 34.1 Å². The van der Waals surface area contributed by atoms with Crippen LogP contribution in [0.25, 0.3) is 0 Å². The molecule has 1 saturated heterocycles. The summed E-state index contributed by atoms with van der Waals surface area (Å²) >= 11 is 9.03. The van der Waals surface area contributed by atoms with Crippen molar-refractivity contribution in [2.75, 3.05) is 12.4 Å². The van der Waals surface area contributed by atoms with Crippen LogP contribution in [0.15, 0.2) is 22.7 Å². The fourth-order valence-electron chi connectivity index (χ4n) is 2.61. The Morgan fingerprint density at radius 3 is 3.00 bits per heavy atom. The van der Waals surface area contributed by atoms with Gasteiger partial charge in [0.05, 0.1) is 0 Å². The predicted molar refractivity (Wildman–Crippen MR) is 77.5 cm³/mol. The van der Waals surface area contributed by atoms with Crippen molar-refractivity contribution in [3.63, 3.8) is 0 Å². The van der Waals surface area contributed by atoms with Gasteiger partial charge in [-0.3, -0.25) is 4.90 Å². The van der Waals surface area contributed by atoms with Crippen LogP contribution in [0.3, 0.4) is 0 Å². The summed E-state index contributed by atoms with van der Waals surface area (Å²) in [7, 11) is 0. The molecule has 1 fully saturated rings. The smallest absolute Gasteiger partial charge is 0.128 e. The van der Waals surface area contributed by atoms with Crippen LogP contribution in [0.2, 0.25) is 0 Å². The van der Waals surface area contributed by atoms with E-state index in [1.807, 2.05) is 12.1 Å². The summed E-state index contributed by atoms with van der Waals surface area (Å²) in [4.78, 5) is 2.39. The third-order valence-corrected chi connectivity index (χ3v) is 4.32. The molecule has 1 aliphatic rings. The lowest BCUT2D eigenvalue weighted by atomic mass is 10.1. The molecule has 18 heavy (non-hydrogen) atoms. The summed E-state index contributed by atoms with van der Waals surface area (Å²) in [6.45, 7) is 1.79. The number of rotatable bonds is 5. The van der Waals surface area contributed by atoms with Crippen LogP contribution in [0, 0.1) is 5.82 Å². The minimum atomic E-state index is -0.118. The van der Waals surface area contributed by atoms with Crippen LogP contribution in [0.5, 0.6) is 0 Å². The normalized spacial score (nSPS) is 20.5. The first-order valence-corrected chi connectivity index (χ1v) is 7.77. The third kappa shape index (κ3) is 3.69. The average molecular weight is 335 g/mol. The van der Waals surface area contributed by atoms with Crippen molar-refractivity contribution < 1.29 is 4.39 Å². The molecule has 1 aliphatic heterocycles. The van der Waals surface area contributed by atoms with E-state index in [2.05, 4.69) is 20.8 Å². The van der Waals surface area contributed by atoms with E-state index in [0.29, 0.717) is 12.6 Å². The van der Waals surface area contributed by atoms with Crippen molar-refractivity contribution in [1.29, 1.82) is 0 Å². The van der Waals surface area contributed by atoms with E-state index in [0.717, 1.165) is 35.3 Å². The lowest BCUT2D eigenvalue weighted by Gasteiger charge is -2.24. The van der Waals surface area contributed by atoms with Gasteiger partial charge in [0.2, 0.25) is 0 Å². The Morgan fingerprint density at radius 2 is 2.28 bits per heavy atom. The molecule has 1 atom stereocenters. The van der Waals surface area contributed by atoms with Gasteiger partial charge in [0, 0.05) is 28.5 Å². The zero-order valence-corrected chi connectivity index (χ0v) is 12.7. The summed E-state index contributed by atoms with van der Waals surface area (Å²) in [5, 5.41) is 0. The average Bonchev–Trinajstić information content (AvgIpc) is 2.77. The van der Waals surface area contributed by atoms with Crippen LogP contribution in [0.4, 0.5) is 4.39 Å². The molecule has 0 bridgehead atoms. The zero-order chi connectivity index (χ0) is 13.0. The second kappa shape index (κ2) is 6.88. The topological polar surface area (TPSA) is 3.24 Å². The Hall–Kier alpha value is -0.120. The standard InChI is InChI=1S/C14H18BrClFN/c15-12-6-5-11(14(17)9-12)10-18-8-2-4-13(18)3-1-7-16/h5-6,9,13H,1-4,7-8,10H2. The third-order valence-electron chi connectivity index (χ3n) is 3.56. The number of nitrogens with zero attached hydrogens (tertiary/aromatic N) is 1. The molecule has 2 rings (SSSR count). The Kier molecular flexibility index (Phi) is 5.46. The maximum absolute atomic E-state index is 13.8. The summed E-state index contributed by atoms with van der Waals surface area (Å²) in [5.74, 6) is 0.601. The highest BCUT2D eigenvalue weighted by atomic mass is 79.9. The molecule has 0 N–H and O–H groups in total. The van der Waals surface area contributed by atoms with Crippen molar-refractivity contribution in [1.82, 2.24) is 4.90 Å². The molecule has 0 radical (unpaired) electrons. The van der Waals surface area contributed by atoms with Gasteiger partial charge < -0.3 is 0 Å². The highest BCUT2D eigenvalue weighted by Gasteiger charge is 2.24. The van der Waals surface area contributed by atoms with Crippen molar-refractivity contribution in [3.8, 4) is 0 Å². The van der Waals surface area contributed by atoms with E-state index in [-0.39, 0.29) is 5.82 Å². The van der Waals surface area contributed by atoms with Crippen LogP contribution in [-0.2, 0) is 6.54 Å². The van der Waals surface area contributed by atoms with Crippen LogP contribution in [-0.4, -0.2) is 23.4 Å². The van der Waals surface area contributed by atoms with Gasteiger partial charge in [0.15, 0.2) is 0 Å². The number of hydrogen-bond acceptors (Lipinski definition) is 1. The van der Waals surface area contributed by atoms with Gasteiger partial charge in [-0.25, -0.2) is 4.39 Å². The lowest BCUT2D eigenvalue weighted by Crippen LogP contribution is -2.29. The van der Waals surface area contributed by atoms with Gasteiger partial charge in [-0.05, 0) is 44.4 Å². The minimum absolute atomic E-state index is 0.118. The lowest BCUT2D eigenvalue weighted by molar-refractivity contribution is 0.231. The van der Waals surface area contributed by atoms with E-state index in [4.69, 9.17) is 11.6 Å². The molecule has 0 amide bonds. The monoisotopic (exact) mass is 333 g/mol. The zero-order valence-electron chi connectivity index (χ0n) is 10.3. The molecule has 1 aromatic rings. The maximum Gasteiger partial charge on any atom is 0.128 e.